The van der Waals surface area contributed by atoms with Crippen LogP contribution in [0, 0.1) is 5.92 Å². The van der Waals surface area contributed by atoms with E-state index in [0.29, 0.717) is 25.7 Å². The second-order valence-electron chi connectivity index (χ2n) is 34.6. The zero-order valence-corrected chi connectivity index (χ0v) is 77.0. The predicted molar refractivity (Wildman–Crippen MR) is 474 cm³/mol. The minimum absolute atomic E-state index is 0.110. The number of aliphatic hydroxyl groups is 1. The maximum absolute atomic E-state index is 13.2. The van der Waals surface area contributed by atoms with Gasteiger partial charge in [0.05, 0.1) is 26.4 Å². The first-order valence-electron chi connectivity index (χ1n) is 49.1. The number of phosphoric acid groups is 2. The number of esters is 4. The molecule has 0 fully saturated rings. The number of carbonyl (C=O) groups excluding carboxylic acids is 4. The van der Waals surface area contributed by atoms with Crippen molar-refractivity contribution in [2.45, 2.75) is 541 Å². The van der Waals surface area contributed by atoms with Crippen LogP contribution in [0.15, 0.2) is 0 Å². The fourth-order valence-corrected chi connectivity index (χ4v) is 16.6. The minimum atomic E-state index is -4.97. The Morgan fingerprint density at radius 1 is 0.237 bits per heavy atom. The summed E-state index contributed by atoms with van der Waals surface area (Å²) in [5.74, 6) is -1.27. The molecule has 0 spiro atoms. The van der Waals surface area contributed by atoms with Crippen molar-refractivity contribution in [3.8, 4) is 0 Å². The van der Waals surface area contributed by atoms with Crippen LogP contribution in [0.2, 0.25) is 0 Å². The fraction of sp³-hybridized carbons (Fsp3) is 0.958. The molecule has 0 saturated heterocycles. The van der Waals surface area contributed by atoms with Gasteiger partial charge in [-0.3, -0.25) is 37.3 Å². The number of hydrogen-bond donors (Lipinski definition) is 3. The van der Waals surface area contributed by atoms with Crippen LogP contribution >= 0.6 is 15.6 Å². The second-order valence-corrected chi connectivity index (χ2v) is 37.5. The van der Waals surface area contributed by atoms with Crippen LogP contribution in [0.4, 0.5) is 0 Å². The molecule has 19 heteroatoms. The number of rotatable bonds is 95. The van der Waals surface area contributed by atoms with Crippen molar-refractivity contribution in [3.05, 3.63) is 0 Å². The predicted octanol–water partition coefficient (Wildman–Crippen LogP) is 29.9. The summed E-state index contributed by atoms with van der Waals surface area (Å²) >= 11 is 0. The maximum atomic E-state index is 13.2. The molecule has 3 N–H and O–H groups in total. The molecule has 0 aromatic carbocycles. The SMILES string of the molecule is CCCCCCCCCCCCCCCCCCCCCCCC(=O)OC[C@H](COP(=O)(O)OC[C@@H](O)COP(=O)(O)OC[C@@H](COC(=O)CCCCCCCCCCCCCC)OC(=O)CCCCCCCCCCCCCCCCCCCCCC)OC(=O)CCCCCCCCCCCCCCCCCCCCC(C)C. The van der Waals surface area contributed by atoms with E-state index in [-0.39, 0.29) is 25.7 Å². The Kier molecular flexibility index (Phi) is 85.9. The molecule has 0 rings (SSSR count). The lowest BCUT2D eigenvalue weighted by Gasteiger charge is -2.21. The highest BCUT2D eigenvalue weighted by Gasteiger charge is 2.31. The van der Waals surface area contributed by atoms with E-state index in [0.717, 1.165) is 95.8 Å². The number of phosphoric ester groups is 2. The summed E-state index contributed by atoms with van der Waals surface area (Å²) in [6.07, 6.45) is 84.9. The van der Waals surface area contributed by atoms with Gasteiger partial charge in [-0.15, -0.1) is 0 Å². The first-order chi connectivity index (χ1) is 55.5. The molecular weight excluding hydrogens is 1470 g/mol. The third-order valence-corrected chi connectivity index (χ3v) is 24.4. The van der Waals surface area contributed by atoms with Crippen LogP contribution in [0.1, 0.15) is 523 Å². The monoisotopic (exact) mass is 1660 g/mol. The zero-order chi connectivity index (χ0) is 83.3. The molecular formula is C95H186O17P2. The van der Waals surface area contributed by atoms with Crippen LogP contribution in [-0.2, 0) is 65.4 Å². The summed E-state index contributed by atoms with van der Waals surface area (Å²) in [5, 5.41) is 10.7. The Balaban J connectivity index is 5.23. The van der Waals surface area contributed by atoms with Gasteiger partial charge in [0.1, 0.15) is 19.3 Å². The quantitative estimate of drug-likeness (QED) is 0.0222. The number of aliphatic hydroxyl groups excluding tert-OH is 1. The molecule has 0 aromatic rings. The summed E-state index contributed by atoms with van der Waals surface area (Å²) < 4.78 is 69.2. The van der Waals surface area contributed by atoms with Crippen molar-refractivity contribution in [2.75, 3.05) is 39.6 Å². The van der Waals surface area contributed by atoms with E-state index in [1.165, 1.54) is 347 Å². The third-order valence-electron chi connectivity index (χ3n) is 22.5. The molecule has 0 radical (unpaired) electrons. The molecule has 2 unspecified atom stereocenters. The Labute approximate surface area is 702 Å². The summed E-state index contributed by atoms with van der Waals surface area (Å²) in [7, 11) is -9.94. The highest BCUT2D eigenvalue weighted by molar-refractivity contribution is 7.47. The highest BCUT2D eigenvalue weighted by Crippen LogP contribution is 2.45. The van der Waals surface area contributed by atoms with Gasteiger partial charge in [0.25, 0.3) is 0 Å². The Bertz CT molecular complexity index is 2150. The van der Waals surface area contributed by atoms with Gasteiger partial charge in [-0.1, -0.05) is 471 Å². The smallest absolute Gasteiger partial charge is 0.462 e. The van der Waals surface area contributed by atoms with Crippen molar-refractivity contribution < 1.29 is 80.2 Å². The Morgan fingerprint density at radius 3 is 0.596 bits per heavy atom. The van der Waals surface area contributed by atoms with E-state index in [1.807, 2.05) is 0 Å². The van der Waals surface area contributed by atoms with Crippen LogP contribution in [0.3, 0.4) is 0 Å². The van der Waals surface area contributed by atoms with E-state index in [4.69, 9.17) is 37.0 Å². The molecule has 0 heterocycles. The summed E-state index contributed by atoms with van der Waals surface area (Å²) in [5.41, 5.74) is 0. The van der Waals surface area contributed by atoms with Crippen molar-refractivity contribution in [2.24, 2.45) is 5.92 Å². The molecule has 0 aliphatic carbocycles. The van der Waals surface area contributed by atoms with Crippen LogP contribution in [-0.4, -0.2) is 96.7 Å². The van der Waals surface area contributed by atoms with Gasteiger partial charge in [-0.25, -0.2) is 9.13 Å². The van der Waals surface area contributed by atoms with Gasteiger partial charge >= 0.3 is 39.5 Å². The maximum Gasteiger partial charge on any atom is 0.472 e. The van der Waals surface area contributed by atoms with Gasteiger partial charge in [-0.2, -0.15) is 0 Å². The molecule has 678 valence electrons. The van der Waals surface area contributed by atoms with Gasteiger partial charge in [0.2, 0.25) is 0 Å². The van der Waals surface area contributed by atoms with Crippen molar-refractivity contribution in [3.63, 3.8) is 0 Å². The highest BCUT2D eigenvalue weighted by atomic mass is 31.2. The lowest BCUT2D eigenvalue weighted by Crippen LogP contribution is -2.30. The largest absolute Gasteiger partial charge is 0.472 e. The average Bonchev–Trinajstić information content (AvgIpc) is 0.896. The van der Waals surface area contributed by atoms with E-state index >= 15 is 0 Å². The fourth-order valence-electron chi connectivity index (χ4n) is 15.1. The van der Waals surface area contributed by atoms with Gasteiger partial charge < -0.3 is 33.8 Å². The van der Waals surface area contributed by atoms with E-state index in [2.05, 4.69) is 34.6 Å². The molecule has 0 amide bonds. The lowest BCUT2D eigenvalue weighted by atomic mass is 10.0. The number of carbonyl (C=O) groups is 4. The number of unbranched alkanes of at least 4 members (excludes halogenated alkanes) is 67. The molecule has 114 heavy (non-hydrogen) atoms. The molecule has 0 bridgehead atoms. The average molecular weight is 1660 g/mol. The van der Waals surface area contributed by atoms with Gasteiger partial charge in [-0.05, 0) is 31.6 Å². The number of ether oxygens (including phenoxy) is 4. The first-order valence-corrected chi connectivity index (χ1v) is 52.1. The number of hydrogen-bond acceptors (Lipinski definition) is 15. The standard InChI is InChI=1S/C95H186O17P2/c1-6-9-12-15-18-21-24-27-29-31-33-35-37-41-45-49-54-59-64-69-74-79-93(98)106-85-91(112-95(100)81-76-71-66-61-56-51-47-43-39-38-40-44-48-52-57-62-67-72-77-88(4)5)87-110-114(103,104)108-83-89(96)82-107-113(101,102)109-86-90(84-105-92(97)78-73-68-63-58-53-26-23-20-17-14-11-8-3)111-94(99)80-75-70-65-60-55-50-46-42-36-34-32-30-28-25-22-19-16-13-10-7-2/h88-91,96H,6-87H2,1-5H3,(H,101,102)(H,103,104)/t89-,90+,91+/m0/s1. The van der Waals surface area contributed by atoms with Crippen molar-refractivity contribution in [1.29, 1.82) is 0 Å². The Morgan fingerprint density at radius 2 is 0.404 bits per heavy atom. The molecule has 0 aliphatic heterocycles. The molecule has 5 atom stereocenters. The minimum Gasteiger partial charge on any atom is -0.462 e. The molecule has 0 aliphatic rings. The van der Waals surface area contributed by atoms with E-state index in [1.54, 1.807) is 0 Å². The molecule has 17 nitrogen and oxygen atoms in total. The normalized spacial score (nSPS) is 13.6. The molecule has 0 saturated carbocycles. The van der Waals surface area contributed by atoms with E-state index < -0.39 is 97.5 Å². The van der Waals surface area contributed by atoms with Crippen molar-refractivity contribution >= 4 is 39.5 Å². The van der Waals surface area contributed by atoms with Crippen LogP contribution in [0.25, 0.3) is 0 Å². The van der Waals surface area contributed by atoms with Gasteiger partial charge in [0.15, 0.2) is 12.2 Å². The van der Waals surface area contributed by atoms with E-state index in [9.17, 15) is 43.2 Å². The zero-order valence-electron chi connectivity index (χ0n) is 75.2. The second kappa shape index (κ2) is 87.4. The van der Waals surface area contributed by atoms with Crippen LogP contribution in [0.5, 0.6) is 0 Å². The topological polar surface area (TPSA) is 237 Å². The first kappa shape index (κ1) is 112. The van der Waals surface area contributed by atoms with Crippen molar-refractivity contribution in [1.82, 2.24) is 0 Å². The summed E-state index contributed by atoms with van der Waals surface area (Å²) in [4.78, 5) is 73.6. The lowest BCUT2D eigenvalue weighted by molar-refractivity contribution is -0.161. The van der Waals surface area contributed by atoms with Crippen LogP contribution < -0.4 is 0 Å². The Hall–Kier alpha value is -1.94. The summed E-state index contributed by atoms with van der Waals surface area (Å²) in [6, 6.07) is 0. The third kappa shape index (κ3) is 87.9. The van der Waals surface area contributed by atoms with Gasteiger partial charge in [0, 0.05) is 25.7 Å². The summed E-state index contributed by atoms with van der Waals surface area (Å²) in [6.45, 7) is 7.46. The molecule has 0 aromatic heterocycles.